The molecule has 0 atom stereocenters. The normalized spacial score (nSPS) is 13.5. The summed E-state index contributed by atoms with van der Waals surface area (Å²) < 4.78 is 2.33. The lowest BCUT2D eigenvalue weighted by atomic mass is 9.97. The summed E-state index contributed by atoms with van der Waals surface area (Å²) in [5, 5.41) is 3.38. The van der Waals surface area contributed by atoms with Crippen LogP contribution in [-0.2, 0) is 12.8 Å². The number of rotatable bonds is 0. The number of nitrogens with zero attached hydrogens (tertiary/aromatic N) is 4. The van der Waals surface area contributed by atoms with E-state index in [2.05, 4.69) is 75.0 Å². The molecule has 4 heteroatoms. The number of aromatic nitrogens is 4. The number of benzene rings is 3. The fourth-order valence-corrected chi connectivity index (χ4v) is 6.48. The third-order valence-corrected chi connectivity index (χ3v) is 7.97. The molecule has 2 aliphatic carbocycles. The van der Waals surface area contributed by atoms with Gasteiger partial charge in [-0.2, -0.15) is 0 Å². The second-order valence-corrected chi connectivity index (χ2v) is 9.73. The molecule has 35 heavy (non-hydrogen) atoms. The molecule has 0 aliphatic heterocycles. The van der Waals surface area contributed by atoms with Crippen LogP contribution >= 0.6 is 0 Å². The zero-order valence-corrected chi connectivity index (χ0v) is 18.8. The number of fused-ring (bicyclic) bond motifs is 15. The molecule has 7 aromatic rings. The Balaban J connectivity index is 1.43. The highest BCUT2D eigenvalue weighted by Crippen LogP contribution is 2.47. The van der Waals surface area contributed by atoms with Crippen molar-refractivity contribution in [2.45, 2.75) is 12.8 Å². The van der Waals surface area contributed by atoms with Gasteiger partial charge in [0.15, 0.2) is 0 Å². The fraction of sp³-hybridized carbons (Fsp3) is 0.0645. The maximum atomic E-state index is 5.16. The minimum absolute atomic E-state index is 0.955. The average Bonchev–Trinajstić information content (AvgIpc) is 3.58. The van der Waals surface area contributed by atoms with Crippen molar-refractivity contribution >= 4 is 38.4 Å². The number of hydrogen-bond acceptors (Lipinski definition) is 3. The average molecular weight is 447 g/mol. The minimum Gasteiger partial charge on any atom is -0.289 e. The van der Waals surface area contributed by atoms with Crippen molar-refractivity contribution in [1.82, 2.24) is 19.4 Å². The van der Waals surface area contributed by atoms with E-state index in [9.17, 15) is 0 Å². The lowest BCUT2D eigenvalue weighted by molar-refractivity contribution is 1.24. The van der Waals surface area contributed by atoms with Crippen molar-refractivity contribution in [3.05, 3.63) is 108 Å². The Kier molecular flexibility index (Phi) is 3.11. The molecule has 2 aliphatic rings. The summed E-state index contributed by atoms with van der Waals surface area (Å²) in [6, 6.07) is 22.3. The van der Waals surface area contributed by atoms with E-state index in [1.54, 1.807) is 0 Å². The Morgan fingerprint density at radius 1 is 0.629 bits per heavy atom. The lowest BCUT2D eigenvalue weighted by Gasteiger charge is -2.11. The van der Waals surface area contributed by atoms with Gasteiger partial charge in [-0.15, -0.1) is 0 Å². The van der Waals surface area contributed by atoms with Gasteiger partial charge in [0, 0.05) is 40.3 Å². The van der Waals surface area contributed by atoms with Gasteiger partial charge in [-0.3, -0.25) is 14.4 Å². The van der Waals surface area contributed by atoms with Crippen molar-refractivity contribution < 1.29 is 0 Å². The van der Waals surface area contributed by atoms with Crippen molar-refractivity contribution in [1.29, 1.82) is 0 Å². The topological polar surface area (TPSA) is 43.1 Å². The molecule has 0 saturated heterocycles. The molecule has 4 nitrogen and oxygen atoms in total. The van der Waals surface area contributed by atoms with Gasteiger partial charge in [-0.05, 0) is 82.1 Å². The summed E-state index contributed by atoms with van der Waals surface area (Å²) in [5.74, 6) is 0. The van der Waals surface area contributed by atoms with Gasteiger partial charge in [-0.25, -0.2) is 4.98 Å². The number of hydrogen-bond donors (Lipinski definition) is 0. The first-order valence-electron chi connectivity index (χ1n) is 12.0. The molecular formula is C31H18N4. The maximum absolute atomic E-state index is 5.16. The first kappa shape index (κ1) is 17.8. The zero-order valence-electron chi connectivity index (χ0n) is 18.8. The molecule has 3 aromatic carbocycles. The molecule has 162 valence electrons. The highest BCUT2D eigenvalue weighted by Gasteiger charge is 2.28. The van der Waals surface area contributed by atoms with Crippen LogP contribution in [0, 0.1) is 0 Å². The highest BCUT2D eigenvalue weighted by molar-refractivity contribution is 6.15. The van der Waals surface area contributed by atoms with Crippen LogP contribution in [0.3, 0.4) is 0 Å². The summed E-state index contributed by atoms with van der Waals surface area (Å²) in [7, 11) is 0. The van der Waals surface area contributed by atoms with Gasteiger partial charge >= 0.3 is 0 Å². The first-order valence-corrected chi connectivity index (χ1v) is 12.0. The molecule has 0 N–H and O–H groups in total. The monoisotopic (exact) mass is 446 g/mol. The molecule has 0 unspecified atom stereocenters. The summed E-state index contributed by atoms with van der Waals surface area (Å²) in [6.45, 7) is 0. The molecular weight excluding hydrogens is 428 g/mol. The Morgan fingerprint density at radius 2 is 1.43 bits per heavy atom. The summed E-state index contributed by atoms with van der Waals surface area (Å²) in [6.07, 6.45) is 9.58. The molecule has 0 amide bonds. The van der Waals surface area contributed by atoms with Crippen molar-refractivity contribution in [3.63, 3.8) is 0 Å². The summed E-state index contributed by atoms with van der Waals surface area (Å²) in [4.78, 5) is 14.1. The van der Waals surface area contributed by atoms with Gasteiger partial charge in [0.1, 0.15) is 5.65 Å². The smallest absolute Gasteiger partial charge is 0.146 e. The molecule has 4 heterocycles. The van der Waals surface area contributed by atoms with Gasteiger partial charge in [0.25, 0.3) is 0 Å². The third kappa shape index (κ3) is 2.15. The van der Waals surface area contributed by atoms with Crippen LogP contribution in [0.1, 0.15) is 22.3 Å². The standard InChI is InChI=1S/C31H18N4/c1-2-4-21-17(3-1)11-19-14-25-20(13-24(19)21)12-18-5-6-27-30(29(18)25)35-28-16-33-9-7-22(28)26-15-32-10-8-23(26)31(35)34-27/h1-10,13-16H,11-12H2. The minimum atomic E-state index is 0.955. The fourth-order valence-electron chi connectivity index (χ4n) is 6.48. The second-order valence-electron chi connectivity index (χ2n) is 9.73. The van der Waals surface area contributed by atoms with Crippen molar-refractivity contribution in [3.8, 4) is 22.3 Å². The number of imidazole rings is 1. The number of pyridine rings is 3. The molecule has 0 spiro atoms. The second kappa shape index (κ2) is 6.10. The SMILES string of the molecule is c1ccc2c(c1)Cc1cc3c(cc1-2)Cc1ccc2nc4c5ccncc5c5ccncc5n4c2c1-3. The van der Waals surface area contributed by atoms with Gasteiger partial charge < -0.3 is 0 Å². The summed E-state index contributed by atoms with van der Waals surface area (Å²) >= 11 is 0. The first-order chi connectivity index (χ1) is 17.3. The van der Waals surface area contributed by atoms with E-state index in [0.29, 0.717) is 0 Å². The third-order valence-electron chi connectivity index (χ3n) is 7.97. The Bertz CT molecular complexity index is 2070. The Labute approximate surface area is 200 Å². The van der Waals surface area contributed by atoms with E-state index in [4.69, 9.17) is 4.98 Å². The highest BCUT2D eigenvalue weighted by atomic mass is 15.0. The Hall–Kier alpha value is -4.57. The van der Waals surface area contributed by atoms with Gasteiger partial charge in [0.2, 0.25) is 0 Å². The molecule has 0 radical (unpaired) electrons. The van der Waals surface area contributed by atoms with Gasteiger partial charge in [-0.1, -0.05) is 30.3 Å². The predicted octanol–water partition coefficient (Wildman–Crippen LogP) is 6.73. The molecule has 9 rings (SSSR count). The van der Waals surface area contributed by atoms with Crippen LogP contribution in [-0.4, -0.2) is 19.4 Å². The van der Waals surface area contributed by atoms with E-state index < -0.39 is 0 Å². The molecule has 4 aromatic heterocycles. The lowest BCUT2D eigenvalue weighted by Crippen LogP contribution is -1.94. The molecule has 0 bridgehead atoms. The van der Waals surface area contributed by atoms with Crippen LogP contribution < -0.4 is 0 Å². The molecule has 0 fully saturated rings. The van der Waals surface area contributed by atoms with Crippen LogP contribution in [0.15, 0.2) is 85.5 Å². The maximum Gasteiger partial charge on any atom is 0.146 e. The van der Waals surface area contributed by atoms with E-state index in [1.807, 2.05) is 24.8 Å². The van der Waals surface area contributed by atoms with E-state index in [-0.39, 0.29) is 0 Å². The van der Waals surface area contributed by atoms with Crippen molar-refractivity contribution in [2.75, 3.05) is 0 Å². The largest absolute Gasteiger partial charge is 0.289 e. The quantitative estimate of drug-likeness (QED) is 0.243. The van der Waals surface area contributed by atoms with Crippen LogP contribution in [0.4, 0.5) is 0 Å². The van der Waals surface area contributed by atoms with Crippen molar-refractivity contribution in [2.24, 2.45) is 0 Å². The van der Waals surface area contributed by atoms with Crippen LogP contribution in [0.5, 0.6) is 0 Å². The van der Waals surface area contributed by atoms with Gasteiger partial charge in [0.05, 0.1) is 22.7 Å². The predicted molar refractivity (Wildman–Crippen MR) is 140 cm³/mol. The summed E-state index contributed by atoms with van der Waals surface area (Å²) in [5.41, 5.74) is 15.3. The van der Waals surface area contributed by atoms with E-state index in [1.165, 1.54) is 50.0 Å². The zero-order chi connectivity index (χ0) is 22.7. The van der Waals surface area contributed by atoms with Crippen LogP contribution in [0.2, 0.25) is 0 Å². The molecule has 0 saturated carbocycles. The van der Waals surface area contributed by atoms with Crippen LogP contribution in [0.25, 0.3) is 60.6 Å². The Morgan fingerprint density at radius 3 is 2.40 bits per heavy atom. The van der Waals surface area contributed by atoms with E-state index >= 15 is 0 Å². The van der Waals surface area contributed by atoms with E-state index in [0.717, 1.165) is 45.7 Å².